The Bertz CT molecular complexity index is 1640. The number of aryl methyl sites for hydroxylation is 1. The molecule has 2 aromatic carbocycles. The first-order chi connectivity index (χ1) is 22.2. The molecule has 8 N–H and O–H groups in total. The summed E-state index contributed by atoms with van der Waals surface area (Å²) in [5, 5.41) is 4.27. The quantitative estimate of drug-likeness (QED) is 0.0681. The van der Waals surface area contributed by atoms with Crippen LogP contribution in [-0.4, -0.2) is 46.4 Å². The summed E-state index contributed by atoms with van der Waals surface area (Å²) in [6, 6.07) is 17.0. The van der Waals surface area contributed by atoms with Crippen LogP contribution in [0, 0.1) is 0 Å². The number of hydrogen-bond donors (Lipinski definition) is 5. The molecule has 0 amide bonds. The van der Waals surface area contributed by atoms with E-state index in [0.29, 0.717) is 12.2 Å². The number of H-pyrrole nitrogens is 1. The number of nitrogens with two attached hydrogens (primary N) is 3. The largest absolute Gasteiger partial charge is 0.370 e. The van der Waals surface area contributed by atoms with Crippen LogP contribution in [0.4, 0.5) is 0 Å². The first kappa shape index (κ1) is 37.9. The number of aromatic nitrogens is 3. The van der Waals surface area contributed by atoms with Gasteiger partial charge in [0.1, 0.15) is 5.65 Å². The smallest absolute Gasteiger partial charge is 0.354 e. The summed E-state index contributed by atoms with van der Waals surface area (Å²) in [4.78, 5) is 23.9. The number of aromatic amines is 1. The molecule has 0 aliphatic heterocycles. The number of fused-ring (bicyclic) bond motifs is 1. The van der Waals surface area contributed by atoms with Crippen LogP contribution in [0.3, 0.4) is 0 Å². The van der Waals surface area contributed by atoms with Gasteiger partial charge in [0, 0.05) is 41.5 Å². The summed E-state index contributed by atoms with van der Waals surface area (Å²) in [5.41, 5.74) is 24.0. The summed E-state index contributed by atoms with van der Waals surface area (Å²) in [7, 11) is 0. The van der Waals surface area contributed by atoms with Gasteiger partial charge in [-0.1, -0.05) is 71.9 Å². The monoisotopic (exact) mass is 660 g/mol. The molecular weight excluding hydrogens is 605 g/mol. The van der Waals surface area contributed by atoms with Gasteiger partial charge in [-0.25, -0.2) is 4.79 Å². The molecule has 0 atom stereocenters. The Kier molecular flexibility index (Phi) is 14.1. The normalized spacial score (nSPS) is 11.7. The van der Waals surface area contributed by atoms with Gasteiger partial charge in [-0.3, -0.25) is 9.56 Å². The van der Waals surface area contributed by atoms with Gasteiger partial charge in [-0.05, 0) is 90.9 Å². The average molecular weight is 661 g/mol. The van der Waals surface area contributed by atoms with Crippen LogP contribution in [0.25, 0.3) is 16.7 Å². The fourth-order valence-electron chi connectivity index (χ4n) is 5.07. The molecule has 10 heteroatoms. The molecule has 0 radical (unpaired) electrons. The number of unbranched alkanes of at least 4 members (excludes halogenated alkanes) is 1. The lowest BCUT2D eigenvalue weighted by Crippen LogP contribution is -2.23. The fourth-order valence-corrected chi connectivity index (χ4v) is 5.57. The second kappa shape index (κ2) is 17.5. The van der Waals surface area contributed by atoms with E-state index in [4.69, 9.17) is 17.2 Å². The lowest BCUT2D eigenvalue weighted by molar-refractivity contribution is 0.574. The summed E-state index contributed by atoms with van der Waals surface area (Å²) in [6.45, 7) is 16.2. The zero-order chi connectivity index (χ0) is 34.6. The molecule has 2 aromatic heterocycles. The zero-order valence-electron chi connectivity index (χ0n) is 29.5. The van der Waals surface area contributed by atoms with Crippen LogP contribution in [0.15, 0.2) is 64.5 Å². The molecule has 9 nitrogen and oxygen atoms in total. The Morgan fingerprint density at radius 1 is 0.936 bits per heavy atom. The van der Waals surface area contributed by atoms with Crippen LogP contribution in [0.1, 0.15) is 88.8 Å². The number of thioether (sulfide) groups is 1. The third-order valence-electron chi connectivity index (χ3n) is 7.81. The van der Waals surface area contributed by atoms with Crippen molar-refractivity contribution < 1.29 is 0 Å². The van der Waals surface area contributed by atoms with Crippen LogP contribution < -0.4 is 28.2 Å². The second-order valence-electron chi connectivity index (χ2n) is 14.1. The van der Waals surface area contributed by atoms with Crippen LogP contribution >= 0.6 is 11.8 Å². The van der Waals surface area contributed by atoms with E-state index in [9.17, 15) is 4.79 Å². The minimum Gasteiger partial charge on any atom is -0.370 e. The Morgan fingerprint density at radius 2 is 1.64 bits per heavy atom. The Balaban J connectivity index is 0.000000287. The van der Waals surface area contributed by atoms with Gasteiger partial charge in [-0.15, -0.1) is 0 Å². The summed E-state index contributed by atoms with van der Waals surface area (Å²) in [6.07, 6.45) is 8.35. The summed E-state index contributed by atoms with van der Waals surface area (Å²) >= 11 is 1.89. The minimum absolute atomic E-state index is 0.0352. The molecule has 0 saturated carbocycles. The van der Waals surface area contributed by atoms with Gasteiger partial charge in [-0.2, -0.15) is 16.7 Å². The van der Waals surface area contributed by atoms with Gasteiger partial charge in [0.15, 0.2) is 5.96 Å². The molecule has 0 spiro atoms. The van der Waals surface area contributed by atoms with Crippen LogP contribution in [0.2, 0.25) is 0 Å². The SMILES string of the molecule is CC(C)(C)c1cc2cn(-c3ccc(CNCCCN=C(N)N)cc3)c(=O)nc2[nH]1.CSCc1cc(CCCCN)cc(C(C)(C)C)c1. The molecule has 256 valence electrons. The van der Waals surface area contributed by atoms with Gasteiger partial charge in [0.05, 0.1) is 5.69 Å². The van der Waals surface area contributed by atoms with E-state index >= 15 is 0 Å². The maximum Gasteiger partial charge on any atom is 0.354 e. The van der Waals surface area contributed by atoms with E-state index in [-0.39, 0.29) is 22.5 Å². The molecule has 2 heterocycles. The van der Waals surface area contributed by atoms with Crippen molar-refractivity contribution in [1.29, 1.82) is 0 Å². The van der Waals surface area contributed by atoms with E-state index in [1.54, 1.807) is 4.57 Å². The first-order valence-electron chi connectivity index (χ1n) is 16.5. The van der Waals surface area contributed by atoms with Gasteiger partial charge < -0.3 is 27.5 Å². The molecule has 47 heavy (non-hydrogen) atoms. The molecule has 0 saturated heterocycles. The van der Waals surface area contributed by atoms with E-state index in [1.165, 1.54) is 23.1 Å². The molecular formula is C37H56N8OS. The molecule has 4 aromatic rings. The van der Waals surface area contributed by atoms with Crippen molar-refractivity contribution in [2.45, 2.75) is 90.4 Å². The highest BCUT2D eigenvalue weighted by molar-refractivity contribution is 7.97. The van der Waals surface area contributed by atoms with E-state index in [2.05, 4.69) is 92.3 Å². The van der Waals surface area contributed by atoms with Gasteiger partial charge in [0.25, 0.3) is 0 Å². The number of nitrogens with one attached hydrogen (secondary N) is 2. The number of benzene rings is 2. The van der Waals surface area contributed by atoms with E-state index < -0.39 is 0 Å². The van der Waals surface area contributed by atoms with Crippen molar-refractivity contribution in [2.24, 2.45) is 22.2 Å². The minimum atomic E-state index is -0.301. The third-order valence-corrected chi connectivity index (χ3v) is 8.44. The topological polar surface area (TPSA) is 153 Å². The molecule has 0 aliphatic carbocycles. The third kappa shape index (κ3) is 12.2. The number of hydrogen-bond acceptors (Lipinski definition) is 6. The average Bonchev–Trinajstić information content (AvgIpc) is 3.43. The molecule has 0 aliphatic rings. The molecule has 0 bridgehead atoms. The van der Waals surface area contributed by atoms with Crippen molar-refractivity contribution in [3.8, 4) is 5.69 Å². The summed E-state index contributed by atoms with van der Waals surface area (Å²) in [5.74, 6) is 1.23. The maximum absolute atomic E-state index is 12.5. The molecule has 0 fully saturated rings. The summed E-state index contributed by atoms with van der Waals surface area (Å²) < 4.78 is 1.58. The lowest BCUT2D eigenvalue weighted by Gasteiger charge is -2.21. The fraction of sp³-hybridized carbons (Fsp3) is 0.486. The van der Waals surface area contributed by atoms with Crippen molar-refractivity contribution in [3.63, 3.8) is 0 Å². The number of guanidine groups is 1. The predicted molar refractivity (Wildman–Crippen MR) is 202 cm³/mol. The van der Waals surface area contributed by atoms with Crippen molar-refractivity contribution in [1.82, 2.24) is 19.9 Å². The Morgan fingerprint density at radius 3 is 2.26 bits per heavy atom. The van der Waals surface area contributed by atoms with Crippen molar-refractivity contribution in [2.75, 3.05) is 25.9 Å². The number of aliphatic imine (C=N–C) groups is 1. The lowest BCUT2D eigenvalue weighted by atomic mass is 9.84. The first-order valence-corrected chi connectivity index (χ1v) is 17.9. The number of rotatable bonds is 13. The highest BCUT2D eigenvalue weighted by Crippen LogP contribution is 2.27. The Hall–Kier alpha value is -3.60. The predicted octanol–water partition coefficient (Wildman–Crippen LogP) is 5.89. The van der Waals surface area contributed by atoms with Crippen LogP contribution in [0.5, 0.6) is 0 Å². The van der Waals surface area contributed by atoms with Gasteiger partial charge in [0.2, 0.25) is 0 Å². The zero-order valence-corrected chi connectivity index (χ0v) is 30.3. The Labute approximate surface area is 285 Å². The van der Waals surface area contributed by atoms with Crippen LogP contribution in [-0.2, 0) is 29.5 Å². The van der Waals surface area contributed by atoms with Gasteiger partial charge >= 0.3 is 5.69 Å². The standard InChI is InChI=1S/C21H29N7O.C16H27NS/c1-21(2,3)17-11-15-13-28(20(29)27-18(15)26-17)16-7-5-14(6-8-16)12-24-9-4-10-25-19(22)23;1-16(2,3)15-10-13(7-5-6-8-17)9-14(11-15)12-18-4/h5-8,11,13,24H,4,9-10,12H2,1-3H3,(H4,22,23,25)(H,26,27,29);9-11H,5-8,12,17H2,1-4H3. The van der Waals surface area contributed by atoms with Crippen molar-refractivity contribution >= 4 is 28.8 Å². The molecule has 0 unspecified atom stereocenters. The highest BCUT2D eigenvalue weighted by Gasteiger charge is 2.18. The highest BCUT2D eigenvalue weighted by atomic mass is 32.2. The van der Waals surface area contributed by atoms with E-state index in [1.807, 2.05) is 42.2 Å². The van der Waals surface area contributed by atoms with E-state index in [0.717, 1.165) is 67.0 Å². The molecule has 4 rings (SSSR count). The van der Waals surface area contributed by atoms with Crippen molar-refractivity contribution in [3.05, 3.63) is 93.2 Å². The second-order valence-corrected chi connectivity index (χ2v) is 15.0. The maximum atomic E-state index is 12.5. The number of nitrogens with zero attached hydrogens (tertiary/aromatic N) is 3.